The van der Waals surface area contributed by atoms with E-state index < -0.39 is 0 Å². The predicted octanol–water partition coefficient (Wildman–Crippen LogP) is 2.42. The smallest absolute Gasteiger partial charge is 0.268 e. The summed E-state index contributed by atoms with van der Waals surface area (Å²) in [5.74, 6) is 0. The van der Waals surface area contributed by atoms with Crippen molar-refractivity contribution in [2.45, 2.75) is 6.54 Å². The minimum Gasteiger partial charge on any atom is -0.294 e. The molecule has 4 nitrogen and oxygen atoms in total. The standard InChI is InChI=1S/C12H7ClIN3O/c13-11-10(14)12(18)17(7-16-11)6-9-4-2-1-3-8(9)5-15/h1-4,7H,6H2. The summed E-state index contributed by atoms with van der Waals surface area (Å²) in [6, 6.07) is 9.24. The fraction of sp³-hybridized carbons (Fsp3) is 0.0833. The molecular weight excluding hydrogens is 365 g/mol. The van der Waals surface area contributed by atoms with E-state index in [9.17, 15) is 4.79 Å². The van der Waals surface area contributed by atoms with Crippen molar-refractivity contribution < 1.29 is 0 Å². The number of nitriles is 1. The van der Waals surface area contributed by atoms with E-state index in [1.54, 1.807) is 12.1 Å². The Labute approximate surface area is 122 Å². The largest absolute Gasteiger partial charge is 0.294 e. The van der Waals surface area contributed by atoms with Crippen LogP contribution in [-0.4, -0.2) is 9.55 Å². The maximum absolute atomic E-state index is 11.9. The summed E-state index contributed by atoms with van der Waals surface area (Å²) in [6.07, 6.45) is 1.39. The maximum atomic E-state index is 11.9. The second kappa shape index (κ2) is 5.50. The molecule has 0 aliphatic carbocycles. The van der Waals surface area contributed by atoms with Crippen LogP contribution in [-0.2, 0) is 6.54 Å². The number of hydrogen-bond acceptors (Lipinski definition) is 3. The Kier molecular flexibility index (Phi) is 3.99. The molecule has 1 heterocycles. The second-order valence-corrected chi connectivity index (χ2v) is 4.99. The molecule has 0 saturated heterocycles. The number of aromatic nitrogens is 2. The number of halogens is 2. The molecule has 0 saturated carbocycles. The molecule has 18 heavy (non-hydrogen) atoms. The lowest BCUT2D eigenvalue weighted by atomic mass is 10.1. The predicted molar refractivity (Wildman–Crippen MR) is 76.5 cm³/mol. The van der Waals surface area contributed by atoms with E-state index in [2.05, 4.69) is 11.1 Å². The van der Waals surface area contributed by atoms with Gasteiger partial charge in [0.05, 0.1) is 24.5 Å². The summed E-state index contributed by atoms with van der Waals surface area (Å²) in [7, 11) is 0. The Morgan fingerprint density at radius 1 is 1.44 bits per heavy atom. The van der Waals surface area contributed by atoms with Crippen LogP contribution >= 0.6 is 34.2 Å². The third-order valence-corrected chi connectivity index (χ3v) is 4.00. The van der Waals surface area contributed by atoms with Gasteiger partial charge in [-0.15, -0.1) is 0 Å². The Morgan fingerprint density at radius 3 is 2.89 bits per heavy atom. The van der Waals surface area contributed by atoms with Gasteiger partial charge in [-0.05, 0) is 34.2 Å². The van der Waals surface area contributed by atoms with Gasteiger partial charge in [-0.25, -0.2) is 4.98 Å². The molecule has 0 bridgehead atoms. The Balaban J connectivity index is 2.45. The molecule has 90 valence electrons. The average Bonchev–Trinajstić information content (AvgIpc) is 2.40. The van der Waals surface area contributed by atoms with Crippen LogP contribution in [0.2, 0.25) is 5.15 Å². The lowest BCUT2D eigenvalue weighted by molar-refractivity contribution is 0.729. The van der Waals surface area contributed by atoms with Crippen LogP contribution in [0.1, 0.15) is 11.1 Å². The fourth-order valence-electron chi connectivity index (χ4n) is 1.51. The molecule has 0 N–H and O–H groups in total. The van der Waals surface area contributed by atoms with E-state index in [0.717, 1.165) is 5.56 Å². The normalized spacial score (nSPS) is 10.1. The molecule has 0 atom stereocenters. The average molecular weight is 372 g/mol. The molecule has 2 rings (SSSR count). The van der Waals surface area contributed by atoms with Crippen LogP contribution in [0.15, 0.2) is 35.4 Å². The van der Waals surface area contributed by atoms with E-state index in [0.29, 0.717) is 15.7 Å². The van der Waals surface area contributed by atoms with Gasteiger partial charge in [0, 0.05) is 0 Å². The van der Waals surface area contributed by atoms with Crippen molar-refractivity contribution >= 4 is 34.2 Å². The Hall–Kier alpha value is -1.39. The van der Waals surface area contributed by atoms with Crippen molar-refractivity contribution in [3.05, 3.63) is 60.8 Å². The molecule has 1 aromatic heterocycles. The summed E-state index contributed by atoms with van der Waals surface area (Å²) in [5.41, 5.74) is 1.12. The highest BCUT2D eigenvalue weighted by Crippen LogP contribution is 2.12. The third kappa shape index (κ3) is 2.54. The summed E-state index contributed by atoms with van der Waals surface area (Å²) < 4.78 is 1.82. The monoisotopic (exact) mass is 371 g/mol. The zero-order chi connectivity index (χ0) is 13.1. The van der Waals surface area contributed by atoms with Gasteiger partial charge in [0.15, 0.2) is 0 Å². The van der Waals surface area contributed by atoms with Gasteiger partial charge in [0.25, 0.3) is 5.56 Å². The molecule has 6 heteroatoms. The molecule has 0 aliphatic rings. The Bertz CT molecular complexity index is 690. The topological polar surface area (TPSA) is 58.7 Å². The number of hydrogen-bond donors (Lipinski definition) is 0. The van der Waals surface area contributed by atoms with E-state index in [1.165, 1.54) is 10.9 Å². The molecule has 0 radical (unpaired) electrons. The van der Waals surface area contributed by atoms with Crippen LogP contribution < -0.4 is 5.56 Å². The number of nitrogens with zero attached hydrogens (tertiary/aromatic N) is 3. The van der Waals surface area contributed by atoms with Gasteiger partial charge >= 0.3 is 0 Å². The zero-order valence-electron chi connectivity index (χ0n) is 9.10. The molecule has 1 aromatic carbocycles. The van der Waals surface area contributed by atoms with Gasteiger partial charge in [-0.1, -0.05) is 29.8 Å². The van der Waals surface area contributed by atoms with Gasteiger partial charge in [-0.2, -0.15) is 5.26 Å². The second-order valence-electron chi connectivity index (χ2n) is 3.55. The first-order chi connectivity index (χ1) is 8.63. The van der Waals surface area contributed by atoms with Crippen molar-refractivity contribution in [3.63, 3.8) is 0 Å². The highest BCUT2D eigenvalue weighted by molar-refractivity contribution is 14.1. The van der Waals surface area contributed by atoms with E-state index in [4.69, 9.17) is 16.9 Å². The van der Waals surface area contributed by atoms with Crippen molar-refractivity contribution in [1.82, 2.24) is 9.55 Å². The van der Waals surface area contributed by atoms with Gasteiger partial charge in [-0.3, -0.25) is 9.36 Å². The zero-order valence-corrected chi connectivity index (χ0v) is 12.0. The van der Waals surface area contributed by atoms with Crippen LogP contribution in [0.5, 0.6) is 0 Å². The summed E-state index contributed by atoms with van der Waals surface area (Å²) in [6.45, 7) is 0.308. The minimum atomic E-state index is -0.205. The van der Waals surface area contributed by atoms with Crippen molar-refractivity contribution in [1.29, 1.82) is 5.26 Å². The summed E-state index contributed by atoms with van der Waals surface area (Å²) in [4.78, 5) is 15.9. The molecule has 0 unspecified atom stereocenters. The van der Waals surface area contributed by atoms with Crippen LogP contribution in [0.25, 0.3) is 0 Å². The highest BCUT2D eigenvalue weighted by Gasteiger charge is 2.08. The van der Waals surface area contributed by atoms with Crippen molar-refractivity contribution in [2.24, 2.45) is 0 Å². The first-order valence-corrected chi connectivity index (χ1v) is 6.47. The van der Waals surface area contributed by atoms with Crippen molar-refractivity contribution in [2.75, 3.05) is 0 Å². The number of rotatable bonds is 2. The van der Waals surface area contributed by atoms with Gasteiger partial charge < -0.3 is 0 Å². The SMILES string of the molecule is N#Cc1ccccc1Cn1cnc(Cl)c(I)c1=O. The number of benzene rings is 1. The van der Waals surface area contributed by atoms with Crippen LogP contribution in [0.3, 0.4) is 0 Å². The molecule has 2 aromatic rings. The van der Waals surface area contributed by atoms with E-state index in [-0.39, 0.29) is 10.7 Å². The summed E-state index contributed by atoms with van der Waals surface area (Å²) >= 11 is 7.63. The van der Waals surface area contributed by atoms with E-state index in [1.807, 2.05) is 34.7 Å². The van der Waals surface area contributed by atoms with Crippen molar-refractivity contribution in [3.8, 4) is 6.07 Å². The van der Waals surface area contributed by atoms with Crippen LogP contribution in [0.4, 0.5) is 0 Å². The molecule has 0 aliphatic heterocycles. The lowest BCUT2D eigenvalue weighted by Crippen LogP contribution is -2.24. The first kappa shape index (κ1) is 13.1. The third-order valence-electron chi connectivity index (χ3n) is 2.42. The van der Waals surface area contributed by atoms with Gasteiger partial charge in [0.2, 0.25) is 0 Å². The quantitative estimate of drug-likeness (QED) is 0.602. The maximum Gasteiger partial charge on any atom is 0.268 e. The Morgan fingerprint density at radius 2 is 2.17 bits per heavy atom. The fourth-order valence-corrected chi connectivity index (χ4v) is 2.08. The molecular formula is C12H7ClIN3O. The van der Waals surface area contributed by atoms with Crippen LogP contribution in [0, 0.1) is 14.9 Å². The summed E-state index contributed by atoms with van der Waals surface area (Å²) in [5, 5.41) is 9.19. The first-order valence-electron chi connectivity index (χ1n) is 5.02. The lowest BCUT2D eigenvalue weighted by Gasteiger charge is -2.07. The minimum absolute atomic E-state index is 0.199. The highest BCUT2D eigenvalue weighted by atomic mass is 127. The molecule has 0 amide bonds. The van der Waals surface area contributed by atoms with E-state index >= 15 is 0 Å². The molecule has 0 fully saturated rings. The van der Waals surface area contributed by atoms with Gasteiger partial charge in [0.1, 0.15) is 8.72 Å². The molecule has 0 spiro atoms.